The summed E-state index contributed by atoms with van der Waals surface area (Å²) in [5.74, 6) is -0.136. The summed E-state index contributed by atoms with van der Waals surface area (Å²) >= 11 is 0. The maximum atomic E-state index is 13.4. The first-order valence-electron chi connectivity index (χ1n) is 9.10. The van der Waals surface area contributed by atoms with E-state index in [4.69, 9.17) is 14.2 Å². The summed E-state index contributed by atoms with van der Waals surface area (Å²) in [5.41, 5.74) is 1.37. The number of nitrogens with one attached hydrogen (secondary N) is 1. The van der Waals surface area contributed by atoms with Crippen LogP contribution >= 0.6 is 0 Å². The number of benzene rings is 2. The van der Waals surface area contributed by atoms with E-state index in [0.717, 1.165) is 0 Å². The molecule has 0 saturated carbocycles. The lowest BCUT2D eigenvalue weighted by Gasteiger charge is -2.15. The van der Waals surface area contributed by atoms with Crippen LogP contribution in [0.15, 0.2) is 48.2 Å². The molecular weight excluding hydrogens is 379 g/mol. The monoisotopic (exact) mass is 398 g/mol. The summed E-state index contributed by atoms with van der Waals surface area (Å²) in [4.78, 5) is 27.2. The second-order valence-corrected chi connectivity index (χ2v) is 6.56. The van der Waals surface area contributed by atoms with Gasteiger partial charge < -0.3 is 19.5 Å². The van der Waals surface area contributed by atoms with Crippen LogP contribution in [-0.2, 0) is 14.3 Å². The SMILES string of the molecule is COCCCN1C(=O)C(Nc2ccc3c(c2)OCO3)=C(c2ccc(F)cc2)C1=O. The van der Waals surface area contributed by atoms with Crippen molar-refractivity contribution in [1.29, 1.82) is 0 Å². The molecule has 2 aliphatic rings. The Balaban J connectivity index is 1.69. The molecule has 7 nitrogen and oxygen atoms in total. The fourth-order valence-electron chi connectivity index (χ4n) is 3.27. The number of hydrogen-bond donors (Lipinski definition) is 1. The van der Waals surface area contributed by atoms with Crippen molar-refractivity contribution in [2.75, 3.05) is 32.4 Å². The molecule has 8 heteroatoms. The third-order valence-electron chi connectivity index (χ3n) is 4.67. The van der Waals surface area contributed by atoms with Crippen LogP contribution in [-0.4, -0.2) is 43.8 Å². The van der Waals surface area contributed by atoms with Crippen LogP contribution in [0.3, 0.4) is 0 Å². The van der Waals surface area contributed by atoms with Gasteiger partial charge in [0.2, 0.25) is 6.79 Å². The van der Waals surface area contributed by atoms with E-state index in [1.807, 2.05) is 0 Å². The van der Waals surface area contributed by atoms with Gasteiger partial charge in [-0.15, -0.1) is 0 Å². The van der Waals surface area contributed by atoms with Gasteiger partial charge in [-0.1, -0.05) is 12.1 Å². The lowest BCUT2D eigenvalue weighted by Crippen LogP contribution is -2.33. The van der Waals surface area contributed by atoms with E-state index in [-0.39, 0.29) is 24.6 Å². The average Bonchev–Trinajstić information content (AvgIpc) is 3.27. The molecule has 0 bridgehead atoms. The van der Waals surface area contributed by atoms with Crippen LogP contribution in [0, 0.1) is 5.82 Å². The number of nitrogens with zero attached hydrogens (tertiary/aromatic N) is 1. The molecule has 29 heavy (non-hydrogen) atoms. The first kappa shape index (κ1) is 18.9. The Kier molecular flexibility index (Phi) is 5.18. The van der Waals surface area contributed by atoms with Crippen LogP contribution in [0.25, 0.3) is 5.57 Å². The lowest BCUT2D eigenvalue weighted by atomic mass is 10.0. The van der Waals surface area contributed by atoms with Crippen molar-refractivity contribution >= 4 is 23.1 Å². The number of rotatable bonds is 7. The number of hydrogen-bond acceptors (Lipinski definition) is 6. The number of carbonyl (C=O) groups is 2. The van der Waals surface area contributed by atoms with Crippen molar-refractivity contribution in [2.24, 2.45) is 0 Å². The van der Waals surface area contributed by atoms with E-state index < -0.39 is 17.6 Å². The smallest absolute Gasteiger partial charge is 0.278 e. The number of imide groups is 1. The molecule has 4 rings (SSSR count). The zero-order valence-electron chi connectivity index (χ0n) is 15.7. The number of ether oxygens (including phenoxy) is 3. The molecule has 0 fully saturated rings. The fraction of sp³-hybridized carbons (Fsp3) is 0.238. The Morgan fingerprint density at radius 2 is 1.83 bits per heavy atom. The normalized spacial score (nSPS) is 15.4. The standard InChI is InChI=1S/C21H19FN2O5/c1-27-10-2-9-24-20(25)18(13-3-5-14(22)6-4-13)19(21(24)26)23-15-7-8-16-17(11-15)29-12-28-16/h3-8,11,23H,2,9-10,12H2,1H3. The van der Waals surface area contributed by atoms with Gasteiger partial charge in [0.05, 0.1) is 5.57 Å². The predicted octanol–water partition coefficient (Wildman–Crippen LogP) is 2.78. The van der Waals surface area contributed by atoms with Gasteiger partial charge in [-0.3, -0.25) is 14.5 Å². The van der Waals surface area contributed by atoms with E-state index in [2.05, 4.69) is 5.32 Å². The molecule has 0 radical (unpaired) electrons. The highest BCUT2D eigenvalue weighted by Crippen LogP contribution is 2.36. The number of fused-ring (bicyclic) bond motifs is 1. The Hall–Kier alpha value is -3.39. The summed E-state index contributed by atoms with van der Waals surface area (Å²) in [6, 6.07) is 10.6. The van der Waals surface area contributed by atoms with Crippen molar-refractivity contribution in [1.82, 2.24) is 4.90 Å². The molecule has 2 aromatic rings. The molecule has 0 unspecified atom stereocenters. The van der Waals surface area contributed by atoms with Crippen LogP contribution in [0.1, 0.15) is 12.0 Å². The van der Waals surface area contributed by atoms with E-state index in [0.29, 0.717) is 35.8 Å². The van der Waals surface area contributed by atoms with Crippen LogP contribution < -0.4 is 14.8 Å². The summed E-state index contributed by atoms with van der Waals surface area (Å²) in [5, 5.41) is 3.04. The minimum atomic E-state index is -0.442. The minimum Gasteiger partial charge on any atom is -0.454 e. The molecule has 0 spiro atoms. The molecule has 0 aromatic heterocycles. The van der Waals surface area contributed by atoms with Crippen molar-refractivity contribution in [3.63, 3.8) is 0 Å². The molecular formula is C21H19FN2O5. The summed E-state index contributed by atoms with van der Waals surface area (Å²) < 4.78 is 29.0. The van der Waals surface area contributed by atoms with Crippen LogP contribution in [0.5, 0.6) is 11.5 Å². The van der Waals surface area contributed by atoms with Gasteiger partial charge in [-0.25, -0.2) is 4.39 Å². The van der Waals surface area contributed by atoms with E-state index in [1.165, 1.54) is 29.2 Å². The summed E-state index contributed by atoms with van der Waals surface area (Å²) in [6.07, 6.45) is 0.516. The van der Waals surface area contributed by atoms with Crippen molar-refractivity contribution in [3.8, 4) is 11.5 Å². The highest BCUT2D eigenvalue weighted by Gasteiger charge is 2.39. The molecule has 2 aliphatic heterocycles. The summed E-state index contributed by atoms with van der Waals surface area (Å²) in [7, 11) is 1.56. The molecule has 2 heterocycles. The van der Waals surface area contributed by atoms with Crippen LogP contribution in [0.4, 0.5) is 10.1 Å². The molecule has 150 valence electrons. The van der Waals surface area contributed by atoms with Gasteiger partial charge in [-0.05, 0) is 36.2 Å². The number of anilines is 1. The van der Waals surface area contributed by atoms with E-state index >= 15 is 0 Å². The number of carbonyl (C=O) groups excluding carboxylic acids is 2. The third-order valence-corrected chi connectivity index (χ3v) is 4.67. The quantitative estimate of drug-likeness (QED) is 0.571. The lowest BCUT2D eigenvalue weighted by molar-refractivity contribution is -0.136. The molecule has 0 saturated heterocycles. The highest BCUT2D eigenvalue weighted by atomic mass is 19.1. The van der Waals surface area contributed by atoms with Gasteiger partial charge in [0.25, 0.3) is 11.8 Å². The van der Waals surface area contributed by atoms with Crippen molar-refractivity contribution < 1.29 is 28.2 Å². The Labute approximate surface area is 166 Å². The van der Waals surface area contributed by atoms with Gasteiger partial charge in [-0.2, -0.15) is 0 Å². The summed E-state index contributed by atoms with van der Waals surface area (Å²) in [6.45, 7) is 0.781. The van der Waals surface area contributed by atoms with Crippen molar-refractivity contribution in [2.45, 2.75) is 6.42 Å². The highest BCUT2D eigenvalue weighted by molar-refractivity contribution is 6.36. The maximum absolute atomic E-state index is 13.4. The van der Waals surface area contributed by atoms with E-state index in [9.17, 15) is 14.0 Å². The Morgan fingerprint density at radius 3 is 2.59 bits per heavy atom. The molecule has 0 atom stereocenters. The minimum absolute atomic E-state index is 0.132. The zero-order chi connectivity index (χ0) is 20.4. The van der Waals surface area contributed by atoms with Gasteiger partial charge >= 0.3 is 0 Å². The molecule has 0 aliphatic carbocycles. The van der Waals surface area contributed by atoms with E-state index in [1.54, 1.807) is 25.3 Å². The van der Waals surface area contributed by atoms with Crippen molar-refractivity contribution in [3.05, 3.63) is 59.5 Å². The predicted molar refractivity (Wildman–Crippen MR) is 103 cm³/mol. The first-order chi connectivity index (χ1) is 14.1. The Morgan fingerprint density at radius 1 is 1.07 bits per heavy atom. The topological polar surface area (TPSA) is 77.1 Å². The molecule has 2 amide bonds. The number of halogens is 1. The largest absolute Gasteiger partial charge is 0.454 e. The van der Waals surface area contributed by atoms with Gasteiger partial charge in [0.1, 0.15) is 11.5 Å². The fourth-order valence-corrected chi connectivity index (χ4v) is 3.27. The first-order valence-corrected chi connectivity index (χ1v) is 9.10. The molecule has 1 N–H and O–H groups in total. The second-order valence-electron chi connectivity index (χ2n) is 6.56. The average molecular weight is 398 g/mol. The second kappa shape index (κ2) is 7.92. The Bertz CT molecular complexity index is 987. The maximum Gasteiger partial charge on any atom is 0.278 e. The van der Waals surface area contributed by atoms with Gasteiger partial charge in [0, 0.05) is 32.0 Å². The van der Waals surface area contributed by atoms with Crippen LogP contribution in [0.2, 0.25) is 0 Å². The molecule has 2 aromatic carbocycles. The third kappa shape index (κ3) is 3.66. The number of amides is 2. The van der Waals surface area contributed by atoms with Gasteiger partial charge in [0.15, 0.2) is 11.5 Å². The number of methoxy groups -OCH3 is 1. The zero-order valence-corrected chi connectivity index (χ0v) is 15.7.